The van der Waals surface area contributed by atoms with Gasteiger partial charge in [-0.2, -0.15) is 0 Å². The monoisotopic (exact) mass is 544 g/mol. The molecule has 0 saturated heterocycles. The molecule has 2 aromatic heterocycles. The summed E-state index contributed by atoms with van der Waals surface area (Å²) in [7, 11) is 0. The number of carbonyl (C=O) groups is 2. The Morgan fingerprint density at radius 3 is 2.55 bits per heavy atom. The molecule has 2 aliphatic rings. The minimum Gasteiger partial charge on any atom is -0.462 e. The van der Waals surface area contributed by atoms with Crippen LogP contribution in [0, 0.1) is 0 Å². The Hall–Kier alpha value is -3.30. The second-order valence-corrected chi connectivity index (χ2v) is 11.7. The highest BCUT2D eigenvalue weighted by atomic mass is 32.2. The molecule has 6 rings (SSSR count). The number of ether oxygens (including phenoxy) is 1. The van der Waals surface area contributed by atoms with Crippen LogP contribution in [0.1, 0.15) is 59.8 Å². The van der Waals surface area contributed by atoms with Crippen LogP contribution in [0.25, 0.3) is 33.3 Å². The number of aromatic nitrogens is 3. The molecule has 0 fully saturated rings. The van der Waals surface area contributed by atoms with Gasteiger partial charge in [0.1, 0.15) is 16.4 Å². The topological polar surface area (TPSA) is 94.1 Å². The number of esters is 1. The van der Waals surface area contributed by atoms with Crippen LogP contribution in [-0.2, 0) is 22.4 Å². The summed E-state index contributed by atoms with van der Waals surface area (Å²) >= 11 is 2.94. The molecule has 38 heavy (non-hydrogen) atoms. The van der Waals surface area contributed by atoms with Crippen molar-refractivity contribution in [2.75, 3.05) is 17.7 Å². The largest absolute Gasteiger partial charge is 0.462 e. The van der Waals surface area contributed by atoms with E-state index in [0.717, 1.165) is 71.0 Å². The Balaban J connectivity index is 1.14. The number of hydrogen-bond acceptors (Lipinski definition) is 8. The van der Waals surface area contributed by atoms with Crippen molar-refractivity contribution in [1.29, 1.82) is 0 Å². The molecule has 0 atom stereocenters. The number of thiophene rings is 1. The number of carbonyl (C=O) groups excluding carboxylic acids is 2. The first-order chi connectivity index (χ1) is 18.6. The average Bonchev–Trinajstić information content (AvgIpc) is 3.40. The standard InChI is InChI=1S/C29H28N4O3S2/c1-2-36-28(35)24-18-11-5-3-4-6-14-21(18)38-27(24)30-22(34)15-16-37-29-31-25-19-12-7-9-17-10-8-13-20(23(17)19)26(25)32-33-29/h7-10,12-13H,2-6,11,14-16H2,1H3,(H,30,34). The fraction of sp³-hybridized carbons (Fsp3) is 0.345. The molecule has 0 saturated carbocycles. The predicted molar refractivity (Wildman–Crippen MR) is 152 cm³/mol. The third-order valence-electron chi connectivity index (χ3n) is 7.05. The van der Waals surface area contributed by atoms with Crippen LogP contribution in [0.5, 0.6) is 0 Å². The molecular weight excluding hydrogens is 516 g/mol. The van der Waals surface area contributed by atoms with E-state index in [0.29, 0.717) is 28.1 Å². The number of nitrogens with one attached hydrogen (secondary N) is 1. The first-order valence-electron chi connectivity index (χ1n) is 13.2. The van der Waals surface area contributed by atoms with Crippen molar-refractivity contribution in [2.45, 2.75) is 57.0 Å². The summed E-state index contributed by atoms with van der Waals surface area (Å²) < 4.78 is 5.36. The summed E-state index contributed by atoms with van der Waals surface area (Å²) in [6, 6.07) is 12.4. The van der Waals surface area contributed by atoms with Crippen LogP contribution in [0.3, 0.4) is 0 Å². The quantitative estimate of drug-likeness (QED) is 0.180. The van der Waals surface area contributed by atoms with Crippen molar-refractivity contribution in [3.63, 3.8) is 0 Å². The van der Waals surface area contributed by atoms with E-state index in [-0.39, 0.29) is 18.3 Å². The van der Waals surface area contributed by atoms with Crippen LogP contribution in [0.15, 0.2) is 41.6 Å². The molecule has 0 aliphatic heterocycles. The van der Waals surface area contributed by atoms with Gasteiger partial charge in [-0.3, -0.25) is 4.79 Å². The summed E-state index contributed by atoms with van der Waals surface area (Å²) in [5, 5.41) is 15.3. The van der Waals surface area contributed by atoms with Crippen LogP contribution >= 0.6 is 23.1 Å². The molecule has 1 amide bonds. The van der Waals surface area contributed by atoms with Gasteiger partial charge in [-0.15, -0.1) is 21.5 Å². The van der Waals surface area contributed by atoms with Crippen molar-refractivity contribution in [3.8, 4) is 22.5 Å². The predicted octanol–water partition coefficient (Wildman–Crippen LogP) is 6.69. The molecule has 194 valence electrons. The van der Waals surface area contributed by atoms with Gasteiger partial charge in [0, 0.05) is 33.6 Å². The number of thioether (sulfide) groups is 1. The fourth-order valence-corrected chi connectivity index (χ4v) is 7.35. The van der Waals surface area contributed by atoms with E-state index in [2.05, 4.69) is 39.8 Å². The minimum atomic E-state index is -0.344. The molecule has 7 nitrogen and oxygen atoms in total. The number of amides is 1. The molecule has 0 bridgehead atoms. The second kappa shape index (κ2) is 10.8. The van der Waals surface area contributed by atoms with E-state index in [1.165, 1.54) is 34.4 Å². The third kappa shape index (κ3) is 4.69. The van der Waals surface area contributed by atoms with Crippen molar-refractivity contribution < 1.29 is 14.3 Å². The van der Waals surface area contributed by atoms with E-state index < -0.39 is 0 Å². The molecule has 2 aromatic carbocycles. The number of benzene rings is 2. The van der Waals surface area contributed by atoms with E-state index in [4.69, 9.17) is 9.72 Å². The Labute approximate surface area is 229 Å². The molecule has 0 unspecified atom stereocenters. The van der Waals surface area contributed by atoms with E-state index in [1.807, 2.05) is 12.1 Å². The highest BCUT2D eigenvalue weighted by molar-refractivity contribution is 7.99. The lowest BCUT2D eigenvalue weighted by Gasteiger charge is -2.11. The van der Waals surface area contributed by atoms with E-state index in [9.17, 15) is 9.59 Å². The maximum atomic E-state index is 12.9. The van der Waals surface area contributed by atoms with Gasteiger partial charge in [-0.1, -0.05) is 61.0 Å². The number of nitrogens with zero attached hydrogens (tertiary/aromatic N) is 3. The van der Waals surface area contributed by atoms with Crippen molar-refractivity contribution >= 4 is 50.7 Å². The minimum absolute atomic E-state index is 0.136. The van der Waals surface area contributed by atoms with Crippen LogP contribution < -0.4 is 5.32 Å². The van der Waals surface area contributed by atoms with Gasteiger partial charge >= 0.3 is 5.97 Å². The summed E-state index contributed by atoms with van der Waals surface area (Å²) in [5.74, 6) is 0.0240. The number of rotatable bonds is 7. The average molecular weight is 545 g/mol. The maximum Gasteiger partial charge on any atom is 0.341 e. The zero-order valence-electron chi connectivity index (χ0n) is 21.2. The summed E-state index contributed by atoms with van der Waals surface area (Å²) in [4.78, 5) is 31.7. The second-order valence-electron chi connectivity index (χ2n) is 9.49. The van der Waals surface area contributed by atoms with Crippen LogP contribution in [0.2, 0.25) is 0 Å². The van der Waals surface area contributed by atoms with Gasteiger partial charge < -0.3 is 10.1 Å². The smallest absolute Gasteiger partial charge is 0.341 e. The molecule has 0 radical (unpaired) electrons. The lowest BCUT2D eigenvalue weighted by atomic mass is 9.96. The van der Waals surface area contributed by atoms with E-state index in [1.54, 1.807) is 6.92 Å². The van der Waals surface area contributed by atoms with Crippen molar-refractivity contribution in [3.05, 3.63) is 52.4 Å². The Morgan fingerprint density at radius 2 is 1.76 bits per heavy atom. The Bertz CT molecular complexity index is 1540. The summed E-state index contributed by atoms with van der Waals surface area (Å²) in [5.41, 5.74) is 5.39. The molecule has 4 aromatic rings. The molecule has 2 heterocycles. The molecule has 1 N–H and O–H groups in total. The zero-order valence-corrected chi connectivity index (χ0v) is 22.8. The van der Waals surface area contributed by atoms with Gasteiger partial charge in [0.25, 0.3) is 0 Å². The van der Waals surface area contributed by atoms with Gasteiger partial charge in [-0.25, -0.2) is 9.78 Å². The van der Waals surface area contributed by atoms with Crippen LogP contribution in [-0.4, -0.2) is 39.4 Å². The summed E-state index contributed by atoms with van der Waals surface area (Å²) in [6.07, 6.45) is 6.59. The zero-order chi connectivity index (χ0) is 26.1. The number of fused-ring (bicyclic) bond motifs is 4. The maximum absolute atomic E-state index is 12.9. The normalized spacial score (nSPS) is 13.9. The molecule has 2 aliphatic carbocycles. The van der Waals surface area contributed by atoms with Gasteiger partial charge in [0.05, 0.1) is 12.2 Å². The van der Waals surface area contributed by atoms with Gasteiger partial charge in [-0.05, 0) is 43.6 Å². The fourth-order valence-electron chi connectivity index (χ4n) is 5.33. The Kier molecular flexibility index (Phi) is 7.12. The first kappa shape index (κ1) is 25.0. The Morgan fingerprint density at radius 1 is 1.00 bits per heavy atom. The molecular formula is C29H28N4O3S2. The molecule has 0 spiro atoms. The van der Waals surface area contributed by atoms with Gasteiger partial charge in [0.15, 0.2) is 0 Å². The lowest BCUT2D eigenvalue weighted by molar-refractivity contribution is -0.115. The van der Waals surface area contributed by atoms with Crippen molar-refractivity contribution in [2.24, 2.45) is 0 Å². The number of hydrogen-bond donors (Lipinski definition) is 1. The van der Waals surface area contributed by atoms with E-state index >= 15 is 0 Å². The summed E-state index contributed by atoms with van der Waals surface area (Å²) in [6.45, 7) is 2.11. The number of aryl methyl sites for hydroxylation is 1. The first-order valence-corrected chi connectivity index (χ1v) is 15.0. The van der Waals surface area contributed by atoms with Gasteiger partial charge in [0.2, 0.25) is 11.1 Å². The van der Waals surface area contributed by atoms with Crippen molar-refractivity contribution in [1.82, 2.24) is 15.2 Å². The molecule has 9 heteroatoms. The lowest BCUT2D eigenvalue weighted by Crippen LogP contribution is -2.16. The van der Waals surface area contributed by atoms with Crippen LogP contribution in [0.4, 0.5) is 5.00 Å². The third-order valence-corrected chi connectivity index (χ3v) is 9.09. The highest BCUT2D eigenvalue weighted by Crippen LogP contribution is 2.45. The highest BCUT2D eigenvalue weighted by Gasteiger charge is 2.27. The SMILES string of the molecule is CCOC(=O)c1c(NC(=O)CCSc2nnc3c(n2)-c2cccc4cccc-3c24)sc2c1CCCCCC2. The number of anilines is 1.